The molecule has 8 heteroatoms. The van der Waals surface area contributed by atoms with Gasteiger partial charge in [0, 0.05) is 23.5 Å². The van der Waals surface area contributed by atoms with Gasteiger partial charge in [0.25, 0.3) is 0 Å². The van der Waals surface area contributed by atoms with E-state index in [1.54, 1.807) is 13.1 Å². The number of hydrogen-bond acceptors (Lipinski definition) is 7. The van der Waals surface area contributed by atoms with Crippen LogP contribution in [0.5, 0.6) is 0 Å². The lowest BCUT2D eigenvalue weighted by Crippen LogP contribution is -2.37. The van der Waals surface area contributed by atoms with Gasteiger partial charge in [0.15, 0.2) is 0 Å². The van der Waals surface area contributed by atoms with E-state index in [2.05, 4.69) is 14.8 Å². The summed E-state index contributed by atoms with van der Waals surface area (Å²) in [7, 11) is 1.27. The number of carbonyl (C=O) groups excluding carboxylic acids is 2. The summed E-state index contributed by atoms with van der Waals surface area (Å²) in [5, 5.41) is 4.55. The highest BCUT2D eigenvalue weighted by Crippen LogP contribution is 2.34. The van der Waals surface area contributed by atoms with E-state index in [9.17, 15) is 9.59 Å². The third-order valence-electron chi connectivity index (χ3n) is 4.20. The van der Waals surface area contributed by atoms with E-state index in [0.717, 1.165) is 23.1 Å². The first kappa shape index (κ1) is 17.1. The largest absolute Gasteiger partial charge is 0.468 e. The second kappa shape index (κ2) is 7.02. The smallest absolute Gasteiger partial charge is 0.356 e. The van der Waals surface area contributed by atoms with Gasteiger partial charge in [-0.2, -0.15) is 5.10 Å². The van der Waals surface area contributed by atoms with Crippen LogP contribution in [-0.2, 0) is 33.7 Å². The van der Waals surface area contributed by atoms with Gasteiger partial charge in [-0.15, -0.1) is 0 Å². The molecular weight excluding hydrogens is 324 g/mol. The lowest BCUT2D eigenvalue weighted by molar-refractivity contribution is -0.142. The van der Waals surface area contributed by atoms with Crippen molar-refractivity contribution in [2.75, 3.05) is 13.7 Å². The molecule has 2 heterocycles. The fourth-order valence-electron chi connectivity index (χ4n) is 3.04. The molecule has 25 heavy (non-hydrogen) atoms. The second-order valence-corrected chi connectivity index (χ2v) is 5.74. The van der Waals surface area contributed by atoms with Gasteiger partial charge in [0.05, 0.1) is 26.0 Å². The summed E-state index contributed by atoms with van der Waals surface area (Å²) in [4.78, 5) is 28.3. The Labute approximate surface area is 144 Å². The molecule has 1 aliphatic rings. The number of pyridine rings is 1. The van der Waals surface area contributed by atoms with Gasteiger partial charge in [-0.05, 0) is 31.4 Å². The molecule has 2 aromatic rings. The van der Waals surface area contributed by atoms with Crippen molar-refractivity contribution in [1.29, 1.82) is 0 Å². The molecule has 0 aromatic carbocycles. The number of rotatable bonds is 5. The van der Waals surface area contributed by atoms with Crippen molar-refractivity contribution in [3.63, 3.8) is 0 Å². The van der Waals surface area contributed by atoms with Crippen LogP contribution in [0.4, 0.5) is 0 Å². The molecule has 1 unspecified atom stereocenters. The summed E-state index contributed by atoms with van der Waals surface area (Å²) in [6.45, 7) is 2.03. The topological polar surface area (TPSA) is 109 Å². The van der Waals surface area contributed by atoms with Crippen LogP contribution < -0.4 is 5.73 Å². The first-order valence-corrected chi connectivity index (χ1v) is 8.10. The van der Waals surface area contributed by atoms with Crippen LogP contribution in [0, 0.1) is 0 Å². The summed E-state index contributed by atoms with van der Waals surface area (Å²) >= 11 is 0. The van der Waals surface area contributed by atoms with Crippen molar-refractivity contribution in [2.24, 2.45) is 5.73 Å². The van der Waals surface area contributed by atoms with Gasteiger partial charge < -0.3 is 15.2 Å². The van der Waals surface area contributed by atoms with E-state index < -0.39 is 18.0 Å². The summed E-state index contributed by atoms with van der Waals surface area (Å²) in [6, 6.07) is 0.955. The minimum Gasteiger partial charge on any atom is -0.468 e. The van der Waals surface area contributed by atoms with E-state index >= 15 is 0 Å². The van der Waals surface area contributed by atoms with E-state index in [0.29, 0.717) is 17.8 Å². The molecule has 0 aliphatic heterocycles. The molecule has 1 atom stereocenters. The molecule has 0 amide bonds. The average molecular weight is 344 g/mol. The predicted octanol–water partition coefficient (Wildman–Crippen LogP) is 0.721. The van der Waals surface area contributed by atoms with Gasteiger partial charge in [-0.3, -0.25) is 14.5 Å². The summed E-state index contributed by atoms with van der Waals surface area (Å²) in [6.07, 6.45) is 4.91. The van der Waals surface area contributed by atoms with Crippen molar-refractivity contribution in [1.82, 2.24) is 14.8 Å². The van der Waals surface area contributed by atoms with Crippen molar-refractivity contribution in [2.45, 2.75) is 32.4 Å². The maximum Gasteiger partial charge on any atom is 0.356 e. The molecule has 0 fully saturated rings. The second-order valence-electron chi connectivity index (χ2n) is 5.74. The van der Waals surface area contributed by atoms with Crippen LogP contribution in [0.2, 0.25) is 0 Å². The SMILES string of the molecule is CCOC(=O)c1c2c(nn1CC(N)C(=O)OC)-c1ccncc1CC2. The minimum atomic E-state index is -0.920. The van der Waals surface area contributed by atoms with Crippen LogP contribution >= 0.6 is 0 Å². The highest BCUT2D eigenvalue weighted by molar-refractivity contribution is 5.92. The Bertz CT molecular complexity index is 815. The Morgan fingerprint density at radius 2 is 2.20 bits per heavy atom. The van der Waals surface area contributed by atoms with Crippen molar-refractivity contribution >= 4 is 11.9 Å². The molecule has 0 bridgehead atoms. The number of esters is 2. The van der Waals surface area contributed by atoms with Crippen LogP contribution in [0.25, 0.3) is 11.3 Å². The number of ether oxygens (including phenoxy) is 2. The van der Waals surface area contributed by atoms with Gasteiger partial charge in [-0.25, -0.2) is 4.79 Å². The predicted molar refractivity (Wildman–Crippen MR) is 88.8 cm³/mol. The molecule has 8 nitrogen and oxygen atoms in total. The maximum absolute atomic E-state index is 12.5. The molecule has 0 saturated heterocycles. The van der Waals surface area contributed by atoms with E-state index in [-0.39, 0.29) is 13.2 Å². The van der Waals surface area contributed by atoms with Gasteiger partial charge in [-0.1, -0.05) is 0 Å². The molecule has 1 aliphatic carbocycles. The molecule has 0 spiro atoms. The summed E-state index contributed by atoms with van der Waals surface area (Å²) < 4.78 is 11.3. The first-order chi connectivity index (χ1) is 12.1. The van der Waals surface area contributed by atoms with Gasteiger partial charge >= 0.3 is 11.9 Å². The Balaban J connectivity index is 2.08. The molecule has 132 valence electrons. The van der Waals surface area contributed by atoms with Crippen LogP contribution in [0.3, 0.4) is 0 Å². The van der Waals surface area contributed by atoms with E-state index in [1.165, 1.54) is 11.8 Å². The Morgan fingerprint density at radius 1 is 1.40 bits per heavy atom. The number of aryl methyl sites for hydroxylation is 1. The number of hydrogen-bond donors (Lipinski definition) is 1. The summed E-state index contributed by atoms with van der Waals surface area (Å²) in [5.74, 6) is -1.03. The minimum absolute atomic E-state index is 0.0360. The molecule has 0 saturated carbocycles. The Kier molecular flexibility index (Phi) is 4.80. The highest BCUT2D eigenvalue weighted by Gasteiger charge is 2.30. The van der Waals surface area contributed by atoms with Gasteiger partial charge in [0.1, 0.15) is 11.7 Å². The zero-order chi connectivity index (χ0) is 18.0. The van der Waals surface area contributed by atoms with E-state index in [1.807, 2.05) is 12.3 Å². The Hall–Kier alpha value is -2.74. The number of aromatic nitrogens is 3. The number of nitrogens with zero attached hydrogens (tertiary/aromatic N) is 3. The number of methoxy groups -OCH3 is 1. The fraction of sp³-hybridized carbons (Fsp3) is 0.412. The zero-order valence-electron chi connectivity index (χ0n) is 14.2. The molecule has 3 rings (SSSR count). The molecule has 0 radical (unpaired) electrons. The van der Waals surface area contributed by atoms with Gasteiger partial charge in [0.2, 0.25) is 0 Å². The average Bonchev–Trinajstić information content (AvgIpc) is 2.99. The number of fused-ring (bicyclic) bond motifs is 3. The van der Waals surface area contributed by atoms with Crippen molar-refractivity contribution in [3.05, 3.63) is 35.3 Å². The molecular formula is C17H20N4O4. The summed E-state index contributed by atoms with van der Waals surface area (Å²) in [5.41, 5.74) is 9.74. The molecule has 2 aromatic heterocycles. The fourth-order valence-corrected chi connectivity index (χ4v) is 3.04. The van der Waals surface area contributed by atoms with Crippen molar-refractivity contribution < 1.29 is 19.1 Å². The first-order valence-electron chi connectivity index (χ1n) is 8.10. The monoisotopic (exact) mass is 344 g/mol. The third-order valence-corrected chi connectivity index (χ3v) is 4.20. The maximum atomic E-state index is 12.5. The highest BCUT2D eigenvalue weighted by atomic mass is 16.5. The zero-order valence-corrected chi connectivity index (χ0v) is 14.2. The van der Waals surface area contributed by atoms with Crippen LogP contribution in [-0.4, -0.2) is 46.5 Å². The van der Waals surface area contributed by atoms with Crippen molar-refractivity contribution in [3.8, 4) is 11.3 Å². The number of nitrogens with two attached hydrogens (primary N) is 1. The van der Waals surface area contributed by atoms with Crippen LogP contribution in [0.15, 0.2) is 18.5 Å². The lowest BCUT2D eigenvalue weighted by atomic mass is 9.90. The quantitative estimate of drug-likeness (QED) is 0.796. The van der Waals surface area contributed by atoms with Crippen LogP contribution in [0.1, 0.15) is 28.5 Å². The normalized spacial score (nSPS) is 13.6. The molecule has 2 N–H and O–H groups in total. The Morgan fingerprint density at radius 3 is 2.92 bits per heavy atom. The number of carbonyl (C=O) groups is 2. The standard InChI is InChI=1S/C17H20N4O4/c1-3-25-17(23)15-12-5-4-10-8-19-7-6-11(10)14(12)20-21(15)9-13(18)16(22)24-2/h6-8,13H,3-5,9,18H2,1-2H3. The lowest BCUT2D eigenvalue weighted by Gasteiger charge is -2.15. The van der Waals surface area contributed by atoms with E-state index in [4.69, 9.17) is 10.5 Å². The third kappa shape index (κ3) is 3.12.